The van der Waals surface area contributed by atoms with E-state index in [0.717, 1.165) is 6.20 Å². The first kappa shape index (κ1) is 10.0. The molecule has 2 aromatic rings. The predicted molar refractivity (Wildman–Crippen MR) is 54.0 cm³/mol. The molecule has 2 aromatic heterocycles. The fourth-order valence-electron chi connectivity index (χ4n) is 1.16. The van der Waals surface area contributed by atoms with Crippen molar-refractivity contribution in [3.8, 4) is 0 Å². The number of ketones is 1. The van der Waals surface area contributed by atoms with E-state index in [-0.39, 0.29) is 5.56 Å². The Morgan fingerprint density at radius 2 is 2.20 bits per heavy atom. The molecule has 76 valence electrons. The number of aromatic nitrogens is 1. The topological polar surface area (TPSA) is 43.1 Å². The molecule has 0 aliphatic heterocycles. The number of carbonyl (C=O) groups is 1. The van der Waals surface area contributed by atoms with Crippen LogP contribution in [0.15, 0.2) is 39.9 Å². The number of rotatable bonds is 2. The van der Waals surface area contributed by atoms with Crippen molar-refractivity contribution in [1.29, 1.82) is 0 Å². The first-order valence-corrected chi connectivity index (χ1v) is 4.86. The van der Waals surface area contributed by atoms with E-state index in [9.17, 15) is 9.18 Å². The lowest BCUT2D eigenvalue weighted by atomic mass is 10.1. The van der Waals surface area contributed by atoms with E-state index >= 15 is 0 Å². The van der Waals surface area contributed by atoms with Crippen LogP contribution in [-0.4, -0.2) is 10.8 Å². The summed E-state index contributed by atoms with van der Waals surface area (Å²) in [6.45, 7) is 0. The number of nitrogens with zero attached hydrogens (tertiary/aromatic N) is 1. The Hall–Kier alpha value is -1.49. The van der Waals surface area contributed by atoms with Gasteiger partial charge in [-0.1, -0.05) is 0 Å². The number of halogens is 2. The third kappa shape index (κ3) is 1.83. The van der Waals surface area contributed by atoms with Crippen LogP contribution in [0.3, 0.4) is 0 Å². The van der Waals surface area contributed by atoms with Crippen LogP contribution in [0.25, 0.3) is 0 Å². The van der Waals surface area contributed by atoms with Gasteiger partial charge >= 0.3 is 0 Å². The monoisotopic (exact) mass is 269 g/mol. The third-order valence-electron chi connectivity index (χ3n) is 1.88. The summed E-state index contributed by atoms with van der Waals surface area (Å²) in [6.07, 6.45) is 3.72. The molecule has 5 heteroatoms. The summed E-state index contributed by atoms with van der Waals surface area (Å²) in [5, 5.41) is 0. The largest absolute Gasteiger partial charge is 0.457 e. The molecule has 0 amide bonds. The molecular formula is C10H5BrFNO2. The minimum absolute atomic E-state index is 0.0212. The maximum Gasteiger partial charge on any atom is 0.200 e. The zero-order valence-corrected chi connectivity index (χ0v) is 8.99. The van der Waals surface area contributed by atoms with Crippen LogP contribution in [0.1, 0.15) is 15.9 Å². The maximum absolute atomic E-state index is 13.2. The molecule has 15 heavy (non-hydrogen) atoms. The van der Waals surface area contributed by atoms with Crippen LogP contribution in [0.5, 0.6) is 0 Å². The molecule has 0 bridgehead atoms. The molecule has 0 unspecified atom stereocenters. The van der Waals surface area contributed by atoms with Gasteiger partial charge in [0, 0.05) is 6.20 Å². The summed E-state index contributed by atoms with van der Waals surface area (Å²) in [6, 6.07) is 2.81. The highest BCUT2D eigenvalue weighted by molar-refractivity contribution is 9.10. The second-order valence-corrected chi connectivity index (χ2v) is 3.51. The van der Waals surface area contributed by atoms with Gasteiger partial charge in [-0.25, -0.2) is 4.39 Å². The summed E-state index contributed by atoms with van der Waals surface area (Å²) >= 11 is 3.06. The van der Waals surface area contributed by atoms with Crippen LogP contribution in [0.4, 0.5) is 4.39 Å². The van der Waals surface area contributed by atoms with Gasteiger partial charge in [-0.15, -0.1) is 0 Å². The normalized spacial score (nSPS) is 10.3. The second-order valence-electron chi connectivity index (χ2n) is 2.79. The van der Waals surface area contributed by atoms with Crippen LogP contribution >= 0.6 is 15.9 Å². The minimum atomic E-state index is -0.643. The Morgan fingerprint density at radius 3 is 2.80 bits per heavy atom. The molecule has 0 saturated heterocycles. The number of hydrogen-bond donors (Lipinski definition) is 0. The highest BCUT2D eigenvalue weighted by Gasteiger charge is 2.17. The number of furan rings is 1. The SMILES string of the molecule is O=C(c1ccncc1F)c1ccoc1Br. The standard InChI is InChI=1S/C10H5BrFNO2/c11-10-7(2-4-15-10)9(14)6-1-3-13-5-8(6)12/h1-5H. The van der Waals surface area contributed by atoms with Crippen molar-refractivity contribution in [3.05, 3.63) is 52.4 Å². The second kappa shape index (κ2) is 3.94. The molecule has 2 rings (SSSR count). The molecule has 0 fully saturated rings. The van der Waals surface area contributed by atoms with Crippen molar-refractivity contribution in [1.82, 2.24) is 4.98 Å². The first-order valence-electron chi connectivity index (χ1n) is 4.07. The van der Waals surface area contributed by atoms with Gasteiger partial charge in [-0.2, -0.15) is 0 Å². The fraction of sp³-hybridized carbons (Fsp3) is 0. The summed E-state index contributed by atoms with van der Waals surface area (Å²) in [5.74, 6) is -1.08. The molecule has 0 atom stereocenters. The zero-order valence-electron chi connectivity index (χ0n) is 7.41. The smallest absolute Gasteiger partial charge is 0.200 e. The summed E-state index contributed by atoms with van der Waals surface area (Å²) in [7, 11) is 0. The van der Waals surface area contributed by atoms with Crippen LogP contribution in [0.2, 0.25) is 0 Å². The Balaban J connectivity index is 2.46. The van der Waals surface area contributed by atoms with E-state index in [0.29, 0.717) is 10.2 Å². The van der Waals surface area contributed by atoms with Crippen molar-refractivity contribution in [2.45, 2.75) is 0 Å². The van der Waals surface area contributed by atoms with Gasteiger partial charge in [0.15, 0.2) is 10.5 Å². The molecular weight excluding hydrogens is 265 g/mol. The van der Waals surface area contributed by atoms with Gasteiger partial charge in [-0.05, 0) is 28.1 Å². The average molecular weight is 270 g/mol. The van der Waals surface area contributed by atoms with E-state index in [2.05, 4.69) is 20.9 Å². The van der Waals surface area contributed by atoms with E-state index in [4.69, 9.17) is 4.42 Å². The van der Waals surface area contributed by atoms with Gasteiger partial charge in [-0.3, -0.25) is 9.78 Å². The number of carbonyl (C=O) groups excluding carboxylic acids is 1. The molecule has 0 aromatic carbocycles. The van der Waals surface area contributed by atoms with Gasteiger partial charge in [0.05, 0.1) is 23.6 Å². The van der Waals surface area contributed by atoms with Crippen molar-refractivity contribution in [2.24, 2.45) is 0 Å². The van der Waals surface area contributed by atoms with Crippen LogP contribution in [0, 0.1) is 5.82 Å². The lowest BCUT2D eigenvalue weighted by molar-refractivity contribution is 0.103. The Morgan fingerprint density at radius 1 is 1.40 bits per heavy atom. The zero-order chi connectivity index (χ0) is 10.8. The Bertz CT molecular complexity index is 510. The highest BCUT2D eigenvalue weighted by atomic mass is 79.9. The third-order valence-corrected chi connectivity index (χ3v) is 2.49. The van der Waals surface area contributed by atoms with E-state index in [1.807, 2.05) is 0 Å². The van der Waals surface area contributed by atoms with Gasteiger partial charge in [0.2, 0.25) is 5.78 Å². The van der Waals surface area contributed by atoms with Crippen molar-refractivity contribution in [3.63, 3.8) is 0 Å². The summed E-state index contributed by atoms with van der Waals surface area (Å²) in [4.78, 5) is 15.4. The van der Waals surface area contributed by atoms with Crippen molar-refractivity contribution < 1.29 is 13.6 Å². The van der Waals surface area contributed by atoms with Crippen LogP contribution in [-0.2, 0) is 0 Å². The molecule has 0 saturated carbocycles. The molecule has 0 aliphatic rings. The summed E-state index contributed by atoms with van der Waals surface area (Å²) < 4.78 is 18.4. The van der Waals surface area contributed by atoms with Gasteiger partial charge in [0.1, 0.15) is 0 Å². The van der Waals surface area contributed by atoms with E-state index < -0.39 is 11.6 Å². The van der Waals surface area contributed by atoms with Gasteiger partial charge < -0.3 is 4.42 Å². The van der Waals surface area contributed by atoms with Gasteiger partial charge in [0.25, 0.3) is 0 Å². The lowest BCUT2D eigenvalue weighted by Crippen LogP contribution is -2.03. The fourth-order valence-corrected chi connectivity index (χ4v) is 1.58. The molecule has 0 N–H and O–H groups in total. The lowest BCUT2D eigenvalue weighted by Gasteiger charge is -1.99. The highest BCUT2D eigenvalue weighted by Crippen LogP contribution is 2.21. The van der Waals surface area contributed by atoms with E-state index in [1.54, 1.807) is 0 Å². The molecule has 0 spiro atoms. The minimum Gasteiger partial charge on any atom is -0.457 e. The quantitative estimate of drug-likeness (QED) is 0.788. The summed E-state index contributed by atoms with van der Waals surface area (Å²) in [5.41, 5.74) is 0.271. The molecule has 0 radical (unpaired) electrons. The van der Waals surface area contributed by atoms with E-state index in [1.165, 1.54) is 24.6 Å². The first-order chi connectivity index (χ1) is 7.20. The predicted octanol–water partition coefficient (Wildman–Crippen LogP) is 2.81. The van der Waals surface area contributed by atoms with Crippen molar-refractivity contribution >= 4 is 21.7 Å². The average Bonchev–Trinajstić information content (AvgIpc) is 2.64. The molecule has 3 nitrogen and oxygen atoms in total. The number of pyridine rings is 1. The maximum atomic E-state index is 13.2. The van der Waals surface area contributed by atoms with Crippen LogP contribution < -0.4 is 0 Å². The molecule has 0 aliphatic carbocycles. The Kier molecular flexibility index (Phi) is 2.64. The van der Waals surface area contributed by atoms with Crippen molar-refractivity contribution in [2.75, 3.05) is 0 Å². The molecule has 2 heterocycles. The Labute approximate surface area is 93.1 Å². The number of hydrogen-bond acceptors (Lipinski definition) is 3.